The molecule has 2 N–H and O–H groups in total. The number of carbonyl (C=O) groups is 1. The molecule has 28 heavy (non-hydrogen) atoms. The first-order chi connectivity index (χ1) is 13.4. The Morgan fingerprint density at radius 3 is 2.79 bits per heavy atom. The van der Waals surface area contributed by atoms with Crippen molar-refractivity contribution in [2.45, 2.75) is 12.1 Å². The average Bonchev–Trinajstić information content (AvgIpc) is 2.64. The molecule has 0 radical (unpaired) electrons. The molecule has 0 aliphatic carbocycles. The van der Waals surface area contributed by atoms with Gasteiger partial charge in [0.2, 0.25) is 11.8 Å². The van der Waals surface area contributed by atoms with Crippen molar-refractivity contribution in [2.24, 2.45) is 0 Å². The lowest BCUT2D eigenvalue weighted by Gasteiger charge is -2.13. The topological polar surface area (TPSA) is 84.2 Å². The molecular formula is C19H15ClFN3O3S. The van der Waals surface area contributed by atoms with Crippen molar-refractivity contribution in [3.8, 4) is 11.6 Å². The van der Waals surface area contributed by atoms with E-state index in [0.29, 0.717) is 10.7 Å². The Morgan fingerprint density at radius 1 is 1.29 bits per heavy atom. The molecule has 0 bridgehead atoms. The molecule has 0 saturated carbocycles. The predicted molar refractivity (Wildman–Crippen MR) is 107 cm³/mol. The molecule has 1 aromatic heterocycles. The number of nitrogens with zero attached hydrogens (tertiary/aromatic N) is 2. The van der Waals surface area contributed by atoms with Gasteiger partial charge in [0.25, 0.3) is 5.56 Å². The molecule has 3 aromatic rings. The van der Waals surface area contributed by atoms with Gasteiger partial charge in [-0.25, -0.2) is 4.39 Å². The molecule has 0 aliphatic heterocycles. The quantitative estimate of drug-likeness (QED) is 0.485. The number of amides is 1. The van der Waals surface area contributed by atoms with Gasteiger partial charge in [0.05, 0.1) is 17.5 Å². The Balaban J connectivity index is 1.85. The van der Waals surface area contributed by atoms with Crippen LogP contribution in [0, 0.1) is 12.7 Å². The molecule has 0 atom stereocenters. The van der Waals surface area contributed by atoms with Crippen LogP contribution >= 0.6 is 23.4 Å². The number of aromatic nitrogens is 2. The Morgan fingerprint density at radius 2 is 2.04 bits per heavy atom. The molecule has 6 nitrogen and oxygen atoms in total. The van der Waals surface area contributed by atoms with Crippen LogP contribution in [-0.4, -0.2) is 26.3 Å². The molecule has 0 unspecified atom stereocenters. The van der Waals surface area contributed by atoms with Crippen LogP contribution in [0.5, 0.6) is 5.88 Å². The second-order valence-corrected chi connectivity index (χ2v) is 7.12. The number of halogens is 2. The number of anilines is 1. The monoisotopic (exact) mass is 419 g/mol. The summed E-state index contributed by atoms with van der Waals surface area (Å²) in [7, 11) is 0. The van der Waals surface area contributed by atoms with Crippen LogP contribution in [0.25, 0.3) is 5.69 Å². The van der Waals surface area contributed by atoms with Crippen molar-refractivity contribution >= 4 is 35.0 Å². The first-order valence-electron chi connectivity index (χ1n) is 8.12. The molecule has 1 heterocycles. The van der Waals surface area contributed by atoms with Crippen molar-refractivity contribution in [1.29, 1.82) is 0 Å². The normalized spacial score (nSPS) is 10.7. The number of para-hydroxylation sites is 1. The first-order valence-corrected chi connectivity index (χ1v) is 9.49. The first kappa shape index (κ1) is 19.9. The highest BCUT2D eigenvalue weighted by molar-refractivity contribution is 7.99. The highest BCUT2D eigenvalue weighted by Gasteiger charge is 2.16. The highest BCUT2D eigenvalue weighted by Crippen LogP contribution is 2.25. The van der Waals surface area contributed by atoms with E-state index in [9.17, 15) is 19.1 Å². The summed E-state index contributed by atoms with van der Waals surface area (Å²) in [4.78, 5) is 28.5. The summed E-state index contributed by atoms with van der Waals surface area (Å²) in [5.74, 6) is -1.62. The molecule has 0 saturated heterocycles. The number of benzene rings is 2. The summed E-state index contributed by atoms with van der Waals surface area (Å²) < 4.78 is 15.2. The fraction of sp³-hybridized carbons (Fsp3) is 0.105. The predicted octanol–water partition coefficient (Wildman–Crippen LogP) is 3.77. The minimum atomic E-state index is -0.661. The van der Waals surface area contributed by atoms with Gasteiger partial charge in [-0.3, -0.25) is 14.2 Å². The van der Waals surface area contributed by atoms with Crippen molar-refractivity contribution < 1.29 is 14.3 Å². The van der Waals surface area contributed by atoms with Gasteiger partial charge >= 0.3 is 0 Å². The third-order valence-electron chi connectivity index (χ3n) is 3.84. The number of nitrogens with one attached hydrogen (secondary N) is 1. The fourth-order valence-electron chi connectivity index (χ4n) is 2.46. The van der Waals surface area contributed by atoms with E-state index >= 15 is 0 Å². The van der Waals surface area contributed by atoms with Gasteiger partial charge in [-0.15, -0.1) is 0 Å². The number of aromatic hydroxyl groups is 1. The molecule has 0 fully saturated rings. The van der Waals surface area contributed by atoms with Gasteiger partial charge in [-0.05, 0) is 36.8 Å². The summed E-state index contributed by atoms with van der Waals surface area (Å²) in [6, 6.07) is 11.7. The molecule has 2 aromatic carbocycles. The van der Waals surface area contributed by atoms with Crippen molar-refractivity contribution in [1.82, 2.24) is 9.55 Å². The number of hydrogen-bond donors (Lipinski definition) is 2. The number of rotatable bonds is 5. The molecule has 3 rings (SSSR count). The van der Waals surface area contributed by atoms with Crippen molar-refractivity contribution in [2.75, 3.05) is 11.1 Å². The minimum Gasteiger partial charge on any atom is -0.493 e. The van der Waals surface area contributed by atoms with E-state index in [4.69, 9.17) is 11.6 Å². The van der Waals surface area contributed by atoms with Gasteiger partial charge in [0.15, 0.2) is 5.16 Å². The summed E-state index contributed by atoms with van der Waals surface area (Å²) in [6.45, 7) is 1.78. The lowest BCUT2D eigenvalue weighted by molar-refractivity contribution is -0.113. The Hall–Kier alpha value is -2.84. The SMILES string of the molecule is Cc1c(Cl)cccc1NC(=O)CSc1nc(O)cc(=O)n1-c1ccccc1F. The highest BCUT2D eigenvalue weighted by atomic mass is 35.5. The zero-order valence-corrected chi connectivity index (χ0v) is 16.2. The maximum Gasteiger partial charge on any atom is 0.262 e. The van der Waals surface area contributed by atoms with Crippen molar-refractivity contribution in [3.05, 3.63) is 75.3 Å². The van der Waals surface area contributed by atoms with Gasteiger partial charge in [0, 0.05) is 10.7 Å². The smallest absolute Gasteiger partial charge is 0.262 e. The molecule has 144 valence electrons. The van der Waals surface area contributed by atoms with E-state index in [1.165, 1.54) is 18.2 Å². The van der Waals surface area contributed by atoms with E-state index in [1.807, 2.05) is 0 Å². The molecule has 0 spiro atoms. The fourth-order valence-corrected chi connectivity index (χ4v) is 3.44. The summed E-state index contributed by atoms with van der Waals surface area (Å²) in [6.07, 6.45) is 0. The molecule has 9 heteroatoms. The van der Waals surface area contributed by atoms with E-state index in [2.05, 4.69) is 10.3 Å². The van der Waals surface area contributed by atoms with E-state index in [0.717, 1.165) is 28.0 Å². The van der Waals surface area contributed by atoms with Gasteiger partial charge in [0.1, 0.15) is 5.82 Å². The van der Waals surface area contributed by atoms with Crippen LogP contribution < -0.4 is 10.9 Å². The number of hydrogen-bond acceptors (Lipinski definition) is 5. The van der Waals surface area contributed by atoms with Gasteiger partial charge in [-0.2, -0.15) is 4.98 Å². The summed E-state index contributed by atoms with van der Waals surface area (Å²) in [5.41, 5.74) is 0.606. The van der Waals surface area contributed by atoms with E-state index in [-0.39, 0.29) is 22.5 Å². The lowest BCUT2D eigenvalue weighted by Crippen LogP contribution is -2.22. The lowest BCUT2D eigenvalue weighted by atomic mass is 10.2. The third kappa shape index (κ3) is 4.35. The maximum atomic E-state index is 14.2. The van der Waals surface area contributed by atoms with Crippen LogP contribution in [-0.2, 0) is 4.79 Å². The Bertz CT molecular complexity index is 1100. The van der Waals surface area contributed by atoms with Crippen LogP contribution in [0.4, 0.5) is 10.1 Å². The van der Waals surface area contributed by atoms with Gasteiger partial charge in [-0.1, -0.05) is 41.6 Å². The molecular weight excluding hydrogens is 405 g/mol. The zero-order valence-electron chi connectivity index (χ0n) is 14.6. The van der Waals surface area contributed by atoms with Crippen molar-refractivity contribution in [3.63, 3.8) is 0 Å². The largest absolute Gasteiger partial charge is 0.493 e. The van der Waals surface area contributed by atoms with Crippen LogP contribution in [0.1, 0.15) is 5.56 Å². The third-order valence-corrected chi connectivity index (χ3v) is 5.19. The van der Waals surface area contributed by atoms with Crippen LogP contribution in [0.3, 0.4) is 0 Å². The Labute approximate surface area is 169 Å². The summed E-state index contributed by atoms with van der Waals surface area (Å²) in [5, 5.41) is 12.9. The number of thioether (sulfide) groups is 1. The standard InChI is InChI=1S/C19H15ClFN3O3S/c1-11-12(20)5-4-7-14(11)22-17(26)10-28-19-23-16(25)9-18(27)24(19)15-8-3-2-6-13(15)21/h2-9,25H,10H2,1H3,(H,22,26). The molecule has 1 amide bonds. The number of carbonyl (C=O) groups excluding carboxylic acids is 1. The van der Waals surface area contributed by atoms with E-state index in [1.54, 1.807) is 31.2 Å². The summed E-state index contributed by atoms with van der Waals surface area (Å²) >= 11 is 6.94. The zero-order chi connectivity index (χ0) is 20.3. The second kappa shape index (κ2) is 8.45. The van der Waals surface area contributed by atoms with Crippen LogP contribution in [0.2, 0.25) is 5.02 Å². The van der Waals surface area contributed by atoms with Crippen LogP contribution in [0.15, 0.2) is 58.5 Å². The molecule has 0 aliphatic rings. The second-order valence-electron chi connectivity index (χ2n) is 5.77. The van der Waals surface area contributed by atoms with E-state index < -0.39 is 17.3 Å². The Kier molecular flexibility index (Phi) is 6.01. The van der Waals surface area contributed by atoms with Gasteiger partial charge < -0.3 is 10.4 Å². The maximum absolute atomic E-state index is 14.2. The average molecular weight is 420 g/mol. The minimum absolute atomic E-state index is 0.00642.